The van der Waals surface area contributed by atoms with Crippen molar-refractivity contribution in [2.75, 3.05) is 0 Å². The van der Waals surface area contributed by atoms with Crippen LogP contribution in [0, 0.1) is 0 Å². The lowest BCUT2D eigenvalue weighted by Gasteiger charge is -2.09. The molecule has 0 amide bonds. The Bertz CT molecular complexity index is 1050. The molecule has 0 saturated carbocycles. The summed E-state index contributed by atoms with van der Waals surface area (Å²) in [7, 11) is 0. The molecule has 3 nitrogen and oxygen atoms in total. The highest BCUT2D eigenvalue weighted by atomic mass is 16.1. The topological polar surface area (TPSA) is 34.9 Å². The van der Waals surface area contributed by atoms with Crippen molar-refractivity contribution in [2.24, 2.45) is 0 Å². The fourth-order valence-corrected chi connectivity index (χ4v) is 3.34. The van der Waals surface area contributed by atoms with Gasteiger partial charge in [-0.2, -0.15) is 5.10 Å². The van der Waals surface area contributed by atoms with Crippen molar-refractivity contribution in [2.45, 2.75) is 13.3 Å². The van der Waals surface area contributed by atoms with Crippen LogP contribution in [0.1, 0.15) is 12.6 Å². The predicted molar refractivity (Wildman–Crippen MR) is 109 cm³/mol. The maximum atomic E-state index is 12.1. The molecule has 1 heterocycles. The Morgan fingerprint density at radius 3 is 1.85 bits per heavy atom. The minimum Gasteiger partial charge on any atom is -0.300 e. The second kappa shape index (κ2) is 7.42. The van der Waals surface area contributed by atoms with E-state index in [9.17, 15) is 4.79 Å². The standard InChI is InChI=1S/C24H20N2O/c1-18(27)17-22-23(19-11-5-2-6-12-19)24(20-13-7-3-8-14-20)25-26(22)21-15-9-4-10-16-21/h2-16H,17H2,1H3. The van der Waals surface area contributed by atoms with Crippen molar-refractivity contribution < 1.29 is 4.79 Å². The van der Waals surface area contributed by atoms with Crippen LogP contribution in [0.25, 0.3) is 28.1 Å². The molecule has 132 valence electrons. The molecule has 0 saturated heterocycles. The van der Waals surface area contributed by atoms with Crippen LogP contribution < -0.4 is 0 Å². The average molecular weight is 352 g/mol. The minimum absolute atomic E-state index is 0.115. The molecule has 0 spiro atoms. The molecule has 0 aliphatic rings. The van der Waals surface area contributed by atoms with Crippen molar-refractivity contribution in [3.63, 3.8) is 0 Å². The molecule has 27 heavy (non-hydrogen) atoms. The molecule has 3 aromatic carbocycles. The number of rotatable bonds is 5. The van der Waals surface area contributed by atoms with Crippen LogP contribution in [-0.2, 0) is 11.2 Å². The number of carbonyl (C=O) groups is 1. The van der Waals surface area contributed by atoms with Gasteiger partial charge in [0.1, 0.15) is 11.5 Å². The first-order valence-corrected chi connectivity index (χ1v) is 9.01. The number of para-hydroxylation sites is 1. The number of Topliss-reactive ketones (excluding diaryl/α,β-unsaturated/α-hetero) is 1. The second-order valence-electron chi connectivity index (χ2n) is 6.53. The summed E-state index contributed by atoms with van der Waals surface area (Å²) in [5.41, 5.74) is 5.88. The first-order chi connectivity index (χ1) is 13.2. The van der Waals surface area contributed by atoms with Gasteiger partial charge in [0.05, 0.1) is 11.4 Å². The van der Waals surface area contributed by atoms with Crippen molar-refractivity contribution in [1.29, 1.82) is 0 Å². The van der Waals surface area contributed by atoms with Crippen LogP contribution in [0.3, 0.4) is 0 Å². The first-order valence-electron chi connectivity index (χ1n) is 9.01. The maximum Gasteiger partial charge on any atom is 0.135 e. The Hall–Kier alpha value is -3.46. The second-order valence-corrected chi connectivity index (χ2v) is 6.53. The predicted octanol–water partition coefficient (Wildman–Crippen LogP) is 5.34. The van der Waals surface area contributed by atoms with E-state index in [1.165, 1.54) is 0 Å². The van der Waals surface area contributed by atoms with Crippen LogP contribution in [-0.4, -0.2) is 15.6 Å². The molecule has 0 bridgehead atoms. The van der Waals surface area contributed by atoms with Crippen molar-refractivity contribution in [3.05, 3.63) is 96.7 Å². The minimum atomic E-state index is 0.115. The molecule has 0 radical (unpaired) electrons. The summed E-state index contributed by atoms with van der Waals surface area (Å²) in [6.07, 6.45) is 0.332. The Morgan fingerprint density at radius 1 is 0.778 bits per heavy atom. The highest BCUT2D eigenvalue weighted by Gasteiger charge is 2.22. The summed E-state index contributed by atoms with van der Waals surface area (Å²) in [4.78, 5) is 12.1. The summed E-state index contributed by atoms with van der Waals surface area (Å²) in [6, 6.07) is 30.3. The lowest BCUT2D eigenvalue weighted by molar-refractivity contribution is -0.116. The quantitative estimate of drug-likeness (QED) is 0.486. The lowest BCUT2D eigenvalue weighted by Crippen LogP contribution is -2.07. The Labute approximate surface area is 158 Å². The molecule has 0 N–H and O–H groups in total. The van der Waals surface area contributed by atoms with Gasteiger partial charge in [0.15, 0.2) is 0 Å². The summed E-state index contributed by atoms with van der Waals surface area (Å²) in [5.74, 6) is 0.115. The fourth-order valence-electron chi connectivity index (χ4n) is 3.34. The van der Waals surface area contributed by atoms with Crippen LogP contribution in [0.5, 0.6) is 0 Å². The van der Waals surface area contributed by atoms with Gasteiger partial charge >= 0.3 is 0 Å². The van der Waals surface area contributed by atoms with Crippen molar-refractivity contribution in [1.82, 2.24) is 9.78 Å². The zero-order chi connectivity index (χ0) is 18.6. The Morgan fingerprint density at radius 2 is 1.30 bits per heavy atom. The van der Waals surface area contributed by atoms with Gasteiger partial charge in [-0.25, -0.2) is 4.68 Å². The molecule has 4 aromatic rings. The molecule has 0 fully saturated rings. The normalized spacial score (nSPS) is 10.7. The summed E-state index contributed by atoms with van der Waals surface area (Å²) in [5, 5.41) is 4.94. The third kappa shape index (κ3) is 3.44. The number of hydrogen-bond acceptors (Lipinski definition) is 2. The molecule has 4 rings (SSSR count). The molecule has 0 unspecified atom stereocenters. The summed E-state index contributed by atoms with van der Waals surface area (Å²) in [6.45, 7) is 1.62. The van der Waals surface area contributed by atoms with Gasteiger partial charge in [0.2, 0.25) is 0 Å². The van der Waals surface area contributed by atoms with Crippen LogP contribution in [0.2, 0.25) is 0 Å². The molecular weight excluding hydrogens is 332 g/mol. The first kappa shape index (κ1) is 17.0. The monoisotopic (exact) mass is 352 g/mol. The van der Waals surface area contributed by atoms with Crippen LogP contribution in [0.15, 0.2) is 91.0 Å². The van der Waals surface area contributed by atoms with E-state index >= 15 is 0 Å². The zero-order valence-corrected chi connectivity index (χ0v) is 15.2. The van der Waals surface area contributed by atoms with Gasteiger partial charge in [-0.3, -0.25) is 4.79 Å². The van der Waals surface area contributed by atoms with E-state index in [0.717, 1.165) is 33.8 Å². The van der Waals surface area contributed by atoms with E-state index in [-0.39, 0.29) is 5.78 Å². The SMILES string of the molecule is CC(=O)Cc1c(-c2ccccc2)c(-c2ccccc2)nn1-c1ccccc1. The van der Waals surface area contributed by atoms with Gasteiger partial charge in [-0.15, -0.1) is 0 Å². The highest BCUT2D eigenvalue weighted by molar-refractivity contribution is 5.87. The third-order valence-electron chi connectivity index (χ3n) is 4.51. The Balaban J connectivity index is 2.04. The third-order valence-corrected chi connectivity index (χ3v) is 4.51. The van der Waals surface area contributed by atoms with E-state index in [1.54, 1.807) is 6.92 Å². The van der Waals surface area contributed by atoms with E-state index in [0.29, 0.717) is 6.42 Å². The number of ketones is 1. The molecule has 0 aliphatic heterocycles. The maximum absolute atomic E-state index is 12.1. The number of aromatic nitrogens is 2. The number of hydrogen-bond donors (Lipinski definition) is 0. The van der Waals surface area contributed by atoms with Gasteiger partial charge in [0.25, 0.3) is 0 Å². The van der Waals surface area contributed by atoms with Gasteiger partial charge in [-0.05, 0) is 24.6 Å². The largest absolute Gasteiger partial charge is 0.300 e. The fraction of sp³-hybridized carbons (Fsp3) is 0.0833. The number of nitrogens with zero attached hydrogens (tertiary/aromatic N) is 2. The van der Waals surface area contributed by atoms with Gasteiger partial charge < -0.3 is 0 Å². The molecule has 3 heteroatoms. The number of carbonyl (C=O) groups excluding carboxylic acids is 1. The van der Waals surface area contributed by atoms with Crippen LogP contribution >= 0.6 is 0 Å². The Kier molecular flexibility index (Phi) is 4.67. The van der Waals surface area contributed by atoms with E-state index in [4.69, 9.17) is 5.10 Å². The summed E-state index contributed by atoms with van der Waals surface area (Å²) >= 11 is 0. The average Bonchev–Trinajstić information content (AvgIpc) is 3.08. The zero-order valence-electron chi connectivity index (χ0n) is 15.2. The lowest BCUT2D eigenvalue weighted by atomic mass is 9.97. The molecule has 0 aliphatic carbocycles. The van der Waals surface area contributed by atoms with E-state index in [1.807, 2.05) is 71.4 Å². The molecular formula is C24H20N2O. The molecule has 1 aromatic heterocycles. The smallest absolute Gasteiger partial charge is 0.135 e. The number of benzene rings is 3. The van der Waals surface area contributed by atoms with Crippen molar-refractivity contribution >= 4 is 5.78 Å². The van der Waals surface area contributed by atoms with Crippen molar-refractivity contribution in [3.8, 4) is 28.1 Å². The van der Waals surface area contributed by atoms with Gasteiger partial charge in [0, 0.05) is 17.5 Å². The molecule has 0 atom stereocenters. The summed E-state index contributed by atoms with van der Waals surface area (Å²) < 4.78 is 1.91. The van der Waals surface area contributed by atoms with E-state index < -0.39 is 0 Å². The highest BCUT2D eigenvalue weighted by Crippen LogP contribution is 2.36. The van der Waals surface area contributed by atoms with Gasteiger partial charge in [-0.1, -0.05) is 78.9 Å². The van der Waals surface area contributed by atoms with Crippen LogP contribution in [0.4, 0.5) is 0 Å². The van der Waals surface area contributed by atoms with E-state index in [2.05, 4.69) is 24.3 Å².